The molecule has 158 valence electrons. The van der Waals surface area contributed by atoms with Crippen molar-refractivity contribution in [3.8, 4) is 11.5 Å². The fourth-order valence-electron chi connectivity index (χ4n) is 3.23. The number of nitrogens with zero attached hydrogens (tertiary/aromatic N) is 2. The van der Waals surface area contributed by atoms with Crippen LogP contribution in [0.15, 0.2) is 18.2 Å². The Morgan fingerprint density at radius 3 is 2.46 bits per heavy atom. The first-order chi connectivity index (χ1) is 13.5. The summed E-state index contributed by atoms with van der Waals surface area (Å²) in [5.74, 6) is 1.81. The van der Waals surface area contributed by atoms with Gasteiger partial charge in [0.1, 0.15) is 11.5 Å². The predicted octanol–water partition coefficient (Wildman–Crippen LogP) is 1.75. The number of nitrogens with one attached hydrogen (secondary N) is 1. The molecule has 2 rings (SSSR count). The fraction of sp³-hybridized carbons (Fsp3) is 0.667. The summed E-state index contributed by atoms with van der Waals surface area (Å²) in [6.07, 6.45) is 1.09. The Morgan fingerprint density at radius 2 is 1.82 bits per heavy atom. The van der Waals surface area contributed by atoms with Gasteiger partial charge in [0.2, 0.25) is 5.91 Å². The monoisotopic (exact) mass is 393 g/mol. The number of carbonyl (C=O) groups excluding carboxylic acids is 1. The van der Waals surface area contributed by atoms with E-state index in [0.29, 0.717) is 19.7 Å². The molecule has 1 aliphatic rings. The van der Waals surface area contributed by atoms with Gasteiger partial charge in [-0.2, -0.15) is 0 Å². The molecule has 0 aliphatic carbocycles. The summed E-state index contributed by atoms with van der Waals surface area (Å²) in [6.45, 7) is 10.3. The molecule has 1 aliphatic heterocycles. The van der Waals surface area contributed by atoms with Gasteiger partial charge >= 0.3 is 0 Å². The van der Waals surface area contributed by atoms with Gasteiger partial charge in [-0.1, -0.05) is 0 Å². The highest BCUT2D eigenvalue weighted by molar-refractivity contribution is 5.77. The number of carbonyl (C=O) groups is 1. The highest BCUT2D eigenvalue weighted by Crippen LogP contribution is 2.25. The lowest BCUT2D eigenvalue weighted by molar-refractivity contribution is -0.122. The summed E-state index contributed by atoms with van der Waals surface area (Å²) in [6, 6.07) is 5.89. The van der Waals surface area contributed by atoms with E-state index >= 15 is 0 Å². The van der Waals surface area contributed by atoms with Crippen LogP contribution in [-0.4, -0.2) is 81.9 Å². The van der Waals surface area contributed by atoms with Crippen LogP contribution < -0.4 is 14.8 Å². The van der Waals surface area contributed by atoms with Gasteiger partial charge in [0, 0.05) is 51.4 Å². The average Bonchev–Trinajstić information content (AvgIpc) is 2.69. The number of benzene rings is 1. The van der Waals surface area contributed by atoms with Crippen molar-refractivity contribution in [1.82, 2.24) is 15.1 Å². The van der Waals surface area contributed by atoms with Crippen molar-refractivity contribution in [3.63, 3.8) is 0 Å². The average molecular weight is 394 g/mol. The number of ether oxygens (including phenoxy) is 3. The molecule has 7 nitrogen and oxygen atoms in total. The van der Waals surface area contributed by atoms with Gasteiger partial charge in [0.15, 0.2) is 0 Å². The second-order valence-electron chi connectivity index (χ2n) is 7.35. The maximum atomic E-state index is 12.1. The van der Waals surface area contributed by atoms with Gasteiger partial charge in [-0.15, -0.1) is 0 Å². The first-order valence-electron chi connectivity index (χ1n) is 10.1. The molecule has 1 fully saturated rings. The van der Waals surface area contributed by atoms with E-state index in [1.165, 1.54) is 0 Å². The first kappa shape index (κ1) is 22.5. The maximum Gasteiger partial charge on any atom is 0.234 e. The van der Waals surface area contributed by atoms with Crippen molar-refractivity contribution in [2.24, 2.45) is 0 Å². The quantitative estimate of drug-likeness (QED) is 0.578. The lowest BCUT2D eigenvalue weighted by atomic mass is 10.1. The van der Waals surface area contributed by atoms with Crippen LogP contribution in [0.25, 0.3) is 0 Å². The minimum absolute atomic E-state index is 0.0902. The zero-order valence-corrected chi connectivity index (χ0v) is 17.7. The Bertz CT molecular complexity index is 601. The van der Waals surface area contributed by atoms with Gasteiger partial charge in [0.25, 0.3) is 0 Å². The Balaban J connectivity index is 1.69. The summed E-state index contributed by atoms with van der Waals surface area (Å²) in [5.41, 5.74) is 1.12. The number of hydrogen-bond donors (Lipinski definition) is 1. The van der Waals surface area contributed by atoms with E-state index in [0.717, 1.165) is 56.2 Å². The Morgan fingerprint density at radius 1 is 1.11 bits per heavy atom. The summed E-state index contributed by atoms with van der Waals surface area (Å²) in [4.78, 5) is 16.7. The molecule has 1 aromatic carbocycles. The molecule has 0 aromatic heterocycles. The van der Waals surface area contributed by atoms with Crippen molar-refractivity contribution in [1.29, 1.82) is 0 Å². The number of hydrogen-bond acceptors (Lipinski definition) is 6. The molecule has 0 atom stereocenters. The summed E-state index contributed by atoms with van der Waals surface area (Å²) in [7, 11) is 3.36. The van der Waals surface area contributed by atoms with Crippen LogP contribution in [0, 0.1) is 0 Å². The van der Waals surface area contributed by atoms with E-state index in [2.05, 4.69) is 15.1 Å². The van der Waals surface area contributed by atoms with E-state index in [9.17, 15) is 4.79 Å². The van der Waals surface area contributed by atoms with Crippen LogP contribution in [0.4, 0.5) is 0 Å². The van der Waals surface area contributed by atoms with Gasteiger partial charge in [0.05, 0.1) is 26.9 Å². The van der Waals surface area contributed by atoms with E-state index in [1.54, 1.807) is 14.2 Å². The predicted molar refractivity (Wildman–Crippen MR) is 110 cm³/mol. The highest BCUT2D eigenvalue weighted by Gasteiger charge is 2.20. The normalized spacial score (nSPS) is 15.6. The van der Waals surface area contributed by atoms with Crippen molar-refractivity contribution < 1.29 is 19.0 Å². The Labute approximate surface area is 168 Å². The molecule has 0 spiro atoms. The zero-order chi connectivity index (χ0) is 20.4. The largest absolute Gasteiger partial charge is 0.497 e. The molecule has 1 N–H and O–H groups in total. The van der Waals surface area contributed by atoms with Gasteiger partial charge in [-0.3, -0.25) is 14.6 Å². The molecular weight excluding hydrogens is 358 g/mol. The molecule has 1 saturated heterocycles. The van der Waals surface area contributed by atoms with Gasteiger partial charge < -0.3 is 19.5 Å². The van der Waals surface area contributed by atoms with Crippen LogP contribution in [-0.2, 0) is 16.1 Å². The maximum absolute atomic E-state index is 12.1. The fourth-order valence-corrected chi connectivity index (χ4v) is 3.23. The van der Waals surface area contributed by atoms with Crippen molar-refractivity contribution in [2.45, 2.75) is 32.9 Å². The van der Waals surface area contributed by atoms with Gasteiger partial charge in [-0.05, 0) is 38.5 Å². The molecule has 0 bridgehead atoms. The molecule has 28 heavy (non-hydrogen) atoms. The Hall–Kier alpha value is -1.83. The van der Waals surface area contributed by atoms with Crippen molar-refractivity contribution >= 4 is 5.91 Å². The highest BCUT2D eigenvalue weighted by atomic mass is 16.5. The van der Waals surface area contributed by atoms with E-state index < -0.39 is 0 Å². The molecule has 7 heteroatoms. The topological polar surface area (TPSA) is 63.3 Å². The molecule has 0 radical (unpaired) electrons. The number of piperazine rings is 1. The minimum atomic E-state index is 0.0902. The molecule has 0 saturated carbocycles. The van der Waals surface area contributed by atoms with E-state index in [1.807, 2.05) is 32.0 Å². The number of methoxy groups -OCH3 is 2. The molecule has 0 unspecified atom stereocenters. The summed E-state index contributed by atoms with van der Waals surface area (Å²) in [5, 5.41) is 2.98. The number of rotatable bonds is 11. The van der Waals surface area contributed by atoms with E-state index in [-0.39, 0.29) is 12.0 Å². The van der Waals surface area contributed by atoms with Crippen LogP contribution in [0.5, 0.6) is 11.5 Å². The van der Waals surface area contributed by atoms with Crippen LogP contribution in [0.1, 0.15) is 25.8 Å². The molecular formula is C21H35N3O4. The minimum Gasteiger partial charge on any atom is -0.497 e. The molecule has 1 heterocycles. The zero-order valence-electron chi connectivity index (χ0n) is 17.7. The van der Waals surface area contributed by atoms with Crippen LogP contribution in [0.2, 0.25) is 0 Å². The lowest BCUT2D eigenvalue weighted by Gasteiger charge is -2.34. The smallest absolute Gasteiger partial charge is 0.234 e. The summed E-state index contributed by atoms with van der Waals surface area (Å²) < 4.78 is 16.3. The second kappa shape index (κ2) is 11.9. The van der Waals surface area contributed by atoms with Gasteiger partial charge in [-0.25, -0.2) is 0 Å². The first-order valence-corrected chi connectivity index (χ1v) is 10.1. The SMILES string of the molecule is COc1ccc(OC)c(CN2CCN(CC(=O)NCCCOC(C)C)CC2)c1. The molecule has 1 aromatic rings. The van der Waals surface area contributed by atoms with E-state index in [4.69, 9.17) is 14.2 Å². The third-order valence-corrected chi connectivity index (χ3v) is 4.81. The standard InChI is InChI=1S/C21H35N3O4/c1-17(2)28-13-5-8-22-21(25)16-24-11-9-23(10-12-24)15-18-14-19(26-3)6-7-20(18)27-4/h6-7,14,17H,5,8-13,15-16H2,1-4H3,(H,22,25). The molecule has 1 amide bonds. The third-order valence-electron chi connectivity index (χ3n) is 4.81. The Kier molecular flexibility index (Phi) is 9.54. The second-order valence-corrected chi connectivity index (χ2v) is 7.35. The lowest BCUT2D eigenvalue weighted by Crippen LogP contribution is -2.49. The van der Waals surface area contributed by atoms with Crippen LogP contribution in [0.3, 0.4) is 0 Å². The number of amides is 1. The van der Waals surface area contributed by atoms with Crippen molar-refractivity contribution in [3.05, 3.63) is 23.8 Å². The van der Waals surface area contributed by atoms with Crippen molar-refractivity contribution in [2.75, 3.05) is 60.1 Å². The van der Waals surface area contributed by atoms with Crippen LogP contribution >= 0.6 is 0 Å². The summed E-state index contributed by atoms with van der Waals surface area (Å²) >= 11 is 0. The third kappa shape index (κ3) is 7.66.